The molecule has 1 amide bonds. The number of hydrogen-bond donors (Lipinski definition) is 2. The molecule has 0 unspecified atom stereocenters. The molecular weight excluding hydrogens is 404 g/mol. The molecule has 3 heterocycles. The van der Waals surface area contributed by atoms with Crippen LogP contribution in [0.2, 0.25) is 0 Å². The van der Waals surface area contributed by atoms with Crippen LogP contribution in [0, 0.1) is 5.41 Å². The maximum atomic E-state index is 12.5. The maximum Gasteiger partial charge on any atom is 0.330 e. The molecule has 2 aromatic heterocycles. The average molecular weight is 432 g/mol. The molecule has 1 fully saturated rings. The van der Waals surface area contributed by atoms with Crippen molar-refractivity contribution < 1.29 is 28.9 Å². The van der Waals surface area contributed by atoms with Crippen molar-refractivity contribution in [3.05, 3.63) is 17.8 Å². The van der Waals surface area contributed by atoms with Crippen molar-refractivity contribution in [2.75, 3.05) is 26.1 Å². The minimum atomic E-state index is -0.634. The molecule has 2 atom stereocenters. The number of nitrogens with one attached hydrogen (secondary N) is 1. The van der Waals surface area contributed by atoms with Gasteiger partial charge in [-0.2, -0.15) is 9.97 Å². The fourth-order valence-corrected chi connectivity index (χ4v) is 3.23. The van der Waals surface area contributed by atoms with Gasteiger partial charge < -0.3 is 23.9 Å². The Kier molecular flexibility index (Phi) is 6.61. The van der Waals surface area contributed by atoms with E-state index in [1.165, 1.54) is 20.3 Å². The Morgan fingerprint density at radius 2 is 2.06 bits per heavy atom. The van der Waals surface area contributed by atoms with E-state index in [1.54, 1.807) is 37.6 Å². The minimum absolute atomic E-state index is 0.0734. The molecule has 1 aliphatic heterocycles. The molecule has 1 saturated heterocycles. The quantitative estimate of drug-likeness (QED) is 0.526. The lowest BCUT2D eigenvalue weighted by molar-refractivity contribution is -0.134. The first kappa shape index (κ1) is 22.7. The summed E-state index contributed by atoms with van der Waals surface area (Å²) in [5, 5.41) is 12.7. The van der Waals surface area contributed by atoms with Crippen molar-refractivity contribution in [2.24, 2.45) is 5.41 Å². The summed E-state index contributed by atoms with van der Waals surface area (Å²) < 4.78 is 17.9. The molecule has 2 N–H and O–H groups in total. The van der Waals surface area contributed by atoms with Gasteiger partial charge in [-0.05, 0) is 18.9 Å². The van der Waals surface area contributed by atoms with Crippen LogP contribution in [0.1, 0.15) is 45.4 Å². The minimum Gasteiger partial charge on any atom is -0.480 e. The number of fused-ring (bicyclic) bond motifs is 1. The molecule has 0 spiro atoms. The Hall–Kier alpha value is -2.98. The molecule has 1 aliphatic rings. The Labute approximate surface area is 180 Å². The molecule has 10 heteroatoms. The number of aromatic nitrogens is 3. The average Bonchev–Trinajstić information content (AvgIpc) is 3.35. The Morgan fingerprint density at radius 3 is 2.65 bits per heavy atom. The smallest absolute Gasteiger partial charge is 0.330 e. The van der Waals surface area contributed by atoms with E-state index >= 15 is 0 Å². The molecule has 31 heavy (non-hydrogen) atoms. The van der Waals surface area contributed by atoms with E-state index in [4.69, 9.17) is 9.47 Å². The van der Waals surface area contributed by atoms with E-state index in [0.717, 1.165) is 0 Å². The van der Waals surface area contributed by atoms with E-state index in [1.807, 2.05) is 0 Å². The summed E-state index contributed by atoms with van der Waals surface area (Å²) in [6.07, 6.45) is 5.39. The third kappa shape index (κ3) is 4.86. The predicted molar refractivity (Wildman–Crippen MR) is 113 cm³/mol. The van der Waals surface area contributed by atoms with Crippen LogP contribution in [-0.4, -0.2) is 58.4 Å². The van der Waals surface area contributed by atoms with Crippen molar-refractivity contribution >= 4 is 34.9 Å². The monoisotopic (exact) mass is 432 g/mol. The molecule has 0 aromatic carbocycles. The second-order valence-electron chi connectivity index (χ2n) is 8.28. The number of hydrogen-bond acceptors (Lipinski definition) is 8. The molecule has 0 bridgehead atoms. The molecule has 3 rings (SSSR count). The van der Waals surface area contributed by atoms with E-state index < -0.39 is 11.4 Å². The van der Waals surface area contributed by atoms with Gasteiger partial charge in [0.05, 0.1) is 32.3 Å². The highest BCUT2D eigenvalue weighted by molar-refractivity contribution is 5.97. The van der Waals surface area contributed by atoms with Gasteiger partial charge in [-0.15, -0.1) is 0 Å². The number of aliphatic hydroxyl groups is 1. The van der Waals surface area contributed by atoms with Crippen LogP contribution in [-0.2, 0) is 19.1 Å². The topological polar surface area (TPSA) is 125 Å². The molecular formula is C21H28N4O6. The van der Waals surface area contributed by atoms with Crippen LogP contribution >= 0.6 is 0 Å². The summed E-state index contributed by atoms with van der Waals surface area (Å²) >= 11 is 0. The summed E-state index contributed by atoms with van der Waals surface area (Å²) in [5.74, 6) is -0.402. The number of esters is 1. The molecule has 0 aliphatic carbocycles. The lowest BCUT2D eigenvalue weighted by atomic mass is 9.96. The first-order chi connectivity index (χ1) is 14.7. The van der Waals surface area contributed by atoms with Gasteiger partial charge in [0.15, 0.2) is 5.65 Å². The molecule has 0 saturated carbocycles. The van der Waals surface area contributed by atoms with Crippen molar-refractivity contribution in [1.82, 2.24) is 14.5 Å². The summed E-state index contributed by atoms with van der Waals surface area (Å²) in [5.41, 5.74) is 0.469. The number of methoxy groups -OCH3 is 2. The van der Waals surface area contributed by atoms with Gasteiger partial charge in [0.2, 0.25) is 17.7 Å². The highest BCUT2D eigenvalue weighted by Gasteiger charge is 2.30. The third-order valence-electron chi connectivity index (χ3n) is 4.97. The summed E-state index contributed by atoms with van der Waals surface area (Å²) in [6, 6.07) is 0. The zero-order valence-electron chi connectivity index (χ0n) is 18.3. The molecule has 10 nitrogen and oxygen atoms in total. The van der Waals surface area contributed by atoms with E-state index in [9.17, 15) is 14.7 Å². The van der Waals surface area contributed by atoms with Gasteiger partial charge in [0, 0.05) is 23.3 Å². The zero-order chi connectivity index (χ0) is 22.8. The number of carbonyl (C=O) groups excluding carboxylic acids is 2. The van der Waals surface area contributed by atoms with Gasteiger partial charge in [-0.1, -0.05) is 20.8 Å². The molecule has 0 radical (unpaired) electrons. The van der Waals surface area contributed by atoms with Crippen LogP contribution in [0.25, 0.3) is 17.1 Å². The lowest BCUT2D eigenvalue weighted by Gasteiger charge is -2.18. The summed E-state index contributed by atoms with van der Waals surface area (Å²) in [6.45, 7) is 5.30. The molecule has 2 aromatic rings. The van der Waals surface area contributed by atoms with Crippen molar-refractivity contribution in [3.8, 4) is 5.88 Å². The maximum absolute atomic E-state index is 12.5. The first-order valence-electron chi connectivity index (χ1n) is 9.98. The van der Waals surface area contributed by atoms with Gasteiger partial charge in [0.25, 0.3) is 0 Å². The number of ether oxygens (including phenoxy) is 3. The fraction of sp³-hybridized carbons (Fsp3) is 0.524. The van der Waals surface area contributed by atoms with E-state index in [0.29, 0.717) is 29.4 Å². The number of aliphatic hydroxyl groups excluding tert-OH is 1. The van der Waals surface area contributed by atoms with E-state index in [-0.39, 0.29) is 36.7 Å². The second-order valence-corrected chi connectivity index (χ2v) is 8.28. The van der Waals surface area contributed by atoms with Gasteiger partial charge in [-0.25, -0.2) is 4.79 Å². The normalized spacial score (nSPS) is 19.2. The van der Waals surface area contributed by atoms with Crippen LogP contribution in [0.4, 0.5) is 5.95 Å². The van der Waals surface area contributed by atoms with Crippen molar-refractivity contribution in [2.45, 2.75) is 45.9 Å². The number of amides is 1. The number of anilines is 1. The number of carbonyl (C=O) groups is 2. The highest BCUT2D eigenvalue weighted by atomic mass is 16.5. The first-order valence-corrected chi connectivity index (χ1v) is 9.98. The second kappa shape index (κ2) is 9.03. The Morgan fingerprint density at radius 1 is 1.32 bits per heavy atom. The third-order valence-corrected chi connectivity index (χ3v) is 4.97. The standard InChI is InChI=1S/C21H28N4O6/c1-21(2,3)19(28)24-20-22-17-16(18(23-20)30-5)12(6-9-15(27)29-4)10-25(17)14-8-7-13(11-26)31-14/h6,9-10,13-14,26H,7-8,11H2,1-5H3,(H,22,23,24,28)/b9-6+/t13-,14+/m0/s1. The zero-order valence-corrected chi connectivity index (χ0v) is 18.3. The van der Waals surface area contributed by atoms with Crippen molar-refractivity contribution in [1.29, 1.82) is 0 Å². The summed E-state index contributed by atoms with van der Waals surface area (Å²) in [4.78, 5) is 33.0. The molecule has 168 valence electrons. The van der Waals surface area contributed by atoms with Crippen LogP contribution < -0.4 is 10.1 Å². The van der Waals surface area contributed by atoms with Crippen LogP contribution in [0.15, 0.2) is 12.3 Å². The largest absolute Gasteiger partial charge is 0.480 e. The van der Waals surface area contributed by atoms with Crippen LogP contribution in [0.5, 0.6) is 5.88 Å². The van der Waals surface area contributed by atoms with Crippen LogP contribution in [0.3, 0.4) is 0 Å². The summed E-state index contributed by atoms with van der Waals surface area (Å²) in [7, 11) is 2.77. The lowest BCUT2D eigenvalue weighted by Crippen LogP contribution is -2.28. The number of nitrogens with zero attached hydrogens (tertiary/aromatic N) is 3. The highest BCUT2D eigenvalue weighted by Crippen LogP contribution is 2.36. The Bertz CT molecular complexity index is 1010. The van der Waals surface area contributed by atoms with Gasteiger partial charge >= 0.3 is 5.97 Å². The van der Waals surface area contributed by atoms with Gasteiger partial charge in [0.1, 0.15) is 6.23 Å². The van der Waals surface area contributed by atoms with Crippen molar-refractivity contribution in [3.63, 3.8) is 0 Å². The SMILES string of the molecule is COC(=O)/C=C/c1cn([C@H]2CC[C@@H](CO)O2)c2nc(NC(=O)C(C)(C)C)nc(OC)c12. The predicted octanol–water partition coefficient (Wildman–Crippen LogP) is 2.28. The Balaban J connectivity index is 2.13. The van der Waals surface area contributed by atoms with Gasteiger partial charge in [-0.3, -0.25) is 10.1 Å². The fourth-order valence-electron chi connectivity index (χ4n) is 3.23. The van der Waals surface area contributed by atoms with E-state index in [2.05, 4.69) is 20.0 Å². The number of rotatable bonds is 6.